The molecule has 6 heteroatoms. The quantitative estimate of drug-likeness (QED) is 0.411. The van der Waals surface area contributed by atoms with Crippen molar-refractivity contribution >= 4 is 14.5 Å². The molecule has 1 fully saturated rings. The van der Waals surface area contributed by atoms with E-state index in [1.807, 2.05) is 0 Å². The van der Waals surface area contributed by atoms with E-state index in [-0.39, 0.29) is 5.92 Å². The molecule has 0 radical (unpaired) electrons. The lowest BCUT2D eigenvalue weighted by molar-refractivity contribution is -0.215. The molecule has 2 atom stereocenters. The summed E-state index contributed by atoms with van der Waals surface area (Å²) in [7, 11) is 1.77. The molecule has 1 aliphatic heterocycles. The molecule has 1 aliphatic rings. The molecule has 0 aromatic rings. The molecule has 21 heavy (non-hydrogen) atoms. The Bertz CT molecular complexity index is 378. The molecule has 0 N–H and O–H groups in total. The van der Waals surface area contributed by atoms with E-state index < -0.39 is 19.9 Å². The maximum atomic E-state index is 12.1. The Morgan fingerprint density at radius 1 is 1.33 bits per heavy atom. The second-order valence-corrected chi connectivity index (χ2v) is 8.90. The number of hydrogen-bond acceptors (Lipinski definition) is 5. The lowest BCUT2D eigenvalue weighted by atomic mass is 9.96. The first kappa shape index (κ1) is 18.4. The lowest BCUT2D eigenvalue weighted by Gasteiger charge is -2.50. The van der Waals surface area contributed by atoms with Gasteiger partial charge in [-0.3, -0.25) is 0 Å². The van der Waals surface area contributed by atoms with Crippen molar-refractivity contribution in [3.63, 3.8) is 0 Å². The van der Waals surface area contributed by atoms with Crippen LogP contribution in [-0.4, -0.2) is 41.3 Å². The Morgan fingerprint density at radius 2 is 1.95 bits per heavy atom. The van der Waals surface area contributed by atoms with Crippen LogP contribution < -0.4 is 0 Å². The highest BCUT2D eigenvalue weighted by Gasteiger charge is 2.67. The minimum absolute atomic E-state index is 0.163. The van der Waals surface area contributed by atoms with Gasteiger partial charge in [-0.2, -0.15) is 0 Å². The molecule has 1 rings (SSSR count). The van der Waals surface area contributed by atoms with Crippen LogP contribution in [0.1, 0.15) is 39.5 Å². The van der Waals surface area contributed by atoms with Gasteiger partial charge in [-0.15, -0.1) is 0 Å². The topological polar surface area (TPSA) is 54.0 Å². The van der Waals surface area contributed by atoms with Crippen molar-refractivity contribution in [2.24, 2.45) is 5.92 Å². The van der Waals surface area contributed by atoms with Crippen LogP contribution in [0.15, 0.2) is 12.2 Å². The second-order valence-electron chi connectivity index (χ2n) is 5.58. The molecule has 0 aliphatic carbocycles. The van der Waals surface area contributed by atoms with Gasteiger partial charge in [-0.25, -0.2) is 4.79 Å². The summed E-state index contributed by atoms with van der Waals surface area (Å²) in [5, 5.41) is 0. The molecule has 0 aromatic heterocycles. The minimum atomic E-state index is -3.02. The fourth-order valence-electron chi connectivity index (χ4n) is 3.31. The van der Waals surface area contributed by atoms with Crippen molar-refractivity contribution < 1.29 is 23.1 Å². The van der Waals surface area contributed by atoms with Crippen LogP contribution in [0.2, 0.25) is 6.04 Å². The van der Waals surface area contributed by atoms with Gasteiger partial charge in [0, 0.05) is 38.9 Å². The summed E-state index contributed by atoms with van der Waals surface area (Å²) in [6.45, 7) is 7.41. The molecule has 1 saturated heterocycles. The summed E-state index contributed by atoms with van der Waals surface area (Å²) in [5.41, 5.74) is -0.598. The van der Waals surface area contributed by atoms with E-state index >= 15 is 0 Å². The Balaban J connectivity index is 3.23. The van der Waals surface area contributed by atoms with Crippen LogP contribution in [0.3, 0.4) is 0 Å². The van der Waals surface area contributed by atoms with Crippen LogP contribution in [0.5, 0.6) is 0 Å². The molecule has 5 nitrogen and oxygen atoms in total. The molecule has 122 valence electrons. The third-order valence-electron chi connectivity index (χ3n) is 4.31. The zero-order chi connectivity index (χ0) is 16.1. The van der Waals surface area contributed by atoms with E-state index in [1.165, 1.54) is 0 Å². The minimum Gasteiger partial charge on any atom is -0.487 e. The number of ether oxygens (including phenoxy) is 2. The summed E-state index contributed by atoms with van der Waals surface area (Å²) in [5.74, 6) is -0.269. The van der Waals surface area contributed by atoms with E-state index in [0.717, 1.165) is 25.7 Å². The predicted octanol–water partition coefficient (Wildman–Crippen LogP) is 2.93. The first-order valence-electron chi connectivity index (χ1n) is 7.47. The van der Waals surface area contributed by atoms with Crippen molar-refractivity contribution in [1.29, 1.82) is 0 Å². The van der Waals surface area contributed by atoms with E-state index in [1.54, 1.807) is 28.3 Å². The first-order valence-corrected chi connectivity index (χ1v) is 9.49. The smallest absolute Gasteiger partial charge is 0.462 e. The number of carbonyl (C=O) groups is 1. The third kappa shape index (κ3) is 3.23. The highest BCUT2D eigenvalue weighted by atomic mass is 28.4. The highest BCUT2D eigenvalue weighted by molar-refractivity contribution is 6.72. The molecule has 0 amide bonds. The summed E-state index contributed by atoms with van der Waals surface area (Å²) in [4.78, 5) is 12.1. The number of rotatable bonds is 7. The van der Waals surface area contributed by atoms with E-state index in [2.05, 4.69) is 13.5 Å². The number of hydrogen-bond donors (Lipinski definition) is 0. The maximum Gasteiger partial charge on any atom is 0.462 e. The molecule has 1 heterocycles. The normalized spacial score (nSPS) is 28.1. The van der Waals surface area contributed by atoms with Crippen LogP contribution in [-0.2, 0) is 23.1 Å². The summed E-state index contributed by atoms with van der Waals surface area (Å²) in [6.07, 6.45) is 3.90. The van der Waals surface area contributed by atoms with Gasteiger partial charge in [0.1, 0.15) is 0 Å². The predicted molar refractivity (Wildman–Crippen MR) is 82.9 cm³/mol. The number of carbonyl (C=O) groups excluding carboxylic acids is 1. The molecular formula is C15H28O5Si. The van der Waals surface area contributed by atoms with Gasteiger partial charge in [-0.1, -0.05) is 19.9 Å². The first-order chi connectivity index (χ1) is 9.92. The maximum absolute atomic E-state index is 12.1. The van der Waals surface area contributed by atoms with Gasteiger partial charge in [-0.05, 0) is 26.2 Å². The van der Waals surface area contributed by atoms with Gasteiger partial charge in [0.2, 0.25) is 5.41 Å². The van der Waals surface area contributed by atoms with Crippen molar-refractivity contribution in [3.8, 4) is 0 Å². The zero-order valence-corrected chi connectivity index (χ0v) is 14.9. The Labute approximate surface area is 128 Å². The zero-order valence-electron chi connectivity index (χ0n) is 13.9. The fourth-order valence-corrected chi connectivity index (χ4v) is 7.15. The molecule has 0 bridgehead atoms. The summed E-state index contributed by atoms with van der Waals surface area (Å²) in [6, 6.07) is 0.671. The fraction of sp³-hybridized carbons (Fsp3) is 0.800. The van der Waals surface area contributed by atoms with Gasteiger partial charge >= 0.3 is 14.5 Å². The summed E-state index contributed by atoms with van der Waals surface area (Å²) >= 11 is 0. The average molecular weight is 316 g/mol. The van der Waals surface area contributed by atoms with E-state index in [4.69, 9.17) is 18.3 Å². The van der Waals surface area contributed by atoms with Crippen molar-refractivity contribution in [1.82, 2.24) is 0 Å². The molecule has 0 saturated carbocycles. The van der Waals surface area contributed by atoms with Crippen molar-refractivity contribution in [3.05, 3.63) is 12.2 Å². The van der Waals surface area contributed by atoms with E-state index in [9.17, 15) is 4.79 Å². The van der Waals surface area contributed by atoms with Gasteiger partial charge in [0.25, 0.3) is 0 Å². The SMILES string of the molecule is C=C(C)C(=O)O[Si]1(OC)CCCC(CCC)C1(OC)OC. The largest absolute Gasteiger partial charge is 0.487 e. The second kappa shape index (κ2) is 7.53. The third-order valence-corrected chi connectivity index (χ3v) is 8.37. The van der Waals surface area contributed by atoms with E-state index in [0.29, 0.717) is 11.6 Å². The Morgan fingerprint density at radius 3 is 2.38 bits per heavy atom. The van der Waals surface area contributed by atoms with Crippen LogP contribution in [0.4, 0.5) is 0 Å². The molecular weight excluding hydrogens is 288 g/mol. The van der Waals surface area contributed by atoms with Gasteiger partial charge in [0.05, 0.1) is 0 Å². The monoisotopic (exact) mass is 316 g/mol. The average Bonchev–Trinajstić information content (AvgIpc) is 2.48. The Kier molecular flexibility index (Phi) is 6.59. The van der Waals surface area contributed by atoms with Gasteiger partial charge < -0.3 is 18.3 Å². The van der Waals surface area contributed by atoms with Crippen LogP contribution in [0, 0.1) is 5.92 Å². The standard InChI is InChI=1S/C15H28O5Si/c1-7-9-13-10-8-11-21(19-6,15(13,17-4)18-5)20-14(16)12(2)3/h13H,2,7-11H2,1,3-6H3. The van der Waals surface area contributed by atoms with Crippen LogP contribution >= 0.6 is 0 Å². The molecule has 0 spiro atoms. The highest BCUT2D eigenvalue weighted by Crippen LogP contribution is 2.46. The van der Waals surface area contributed by atoms with Gasteiger partial charge in [0.15, 0.2) is 0 Å². The molecule has 2 unspecified atom stereocenters. The Hall–Kier alpha value is -0.693. The van der Waals surface area contributed by atoms with Crippen molar-refractivity contribution in [2.45, 2.75) is 51.0 Å². The number of methoxy groups -OCH3 is 2. The molecule has 0 aromatic carbocycles. The summed E-state index contributed by atoms with van der Waals surface area (Å²) < 4.78 is 23.1. The lowest BCUT2D eigenvalue weighted by Crippen LogP contribution is -2.70. The van der Waals surface area contributed by atoms with Crippen LogP contribution in [0.25, 0.3) is 0 Å². The van der Waals surface area contributed by atoms with Crippen molar-refractivity contribution in [2.75, 3.05) is 21.3 Å².